The summed E-state index contributed by atoms with van der Waals surface area (Å²) in [5.74, 6) is 2.44. The molecule has 3 heterocycles. The molecule has 3 aromatic rings. The quantitative estimate of drug-likeness (QED) is 0.714. The average molecular weight is 394 g/mol. The van der Waals surface area contributed by atoms with Crippen LogP contribution in [-0.4, -0.2) is 40.2 Å². The van der Waals surface area contributed by atoms with Crippen molar-refractivity contribution < 1.29 is 9.26 Å². The van der Waals surface area contributed by atoms with Gasteiger partial charge in [-0.3, -0.25) is 9.69 Å². The van der Waals surface area contributed by atoms with E-state index in [9.17, 15) is 4.79 Å². The van der Waals surface area contributed by atoms with Gasteiger partial charge in [0.2, 0.25) is 5.56 Å². The van der Waals surface area contributed by atoms with Crippen LogP contribution in [0.3, 0.4) is 0 Å². The molecule has 0 saturated carbocycles. The molecule has 29 heavy (non-hydrogen) atoms. The van der Waals surface area contributed by atoms with Crippen molar-refractivity contribution in [2.75, 3.05) is 20.2 Å². The number of pyridine rings is 1. The summed E-state index contributed by atoms with van der Waals surface area (Å²) in [4.78, 5) is 20.9. The third kappa shape index (κ3) is 4.10. The van der Waals surface area contributed by atoms with Crippen LogP contribution in [0.15, 0.2) is 39.8 Å². The van der Waals surface area contributed by atoms with Crippen LogP contribution in [0.2, 0.25) is 0 Å². The maximum absolute atomic E-state index is 11.2. The molecule has 152 valence electrons. The van der Waals surface area contributed by atoms with E-state index in [1.165, 1.54) is 22.8 Å². The number of benzene rings is 1. The van der Waals surface area contributed by atoms with Crippen molar-refractivity contribution in [2.24, 2.45) is 0 Å². The fourth-order valence-electron chi connectivity index (χ4n) is 3.90. The zero-order chi connectivity index (χ0) is 20.4. The van der Waals surface area contributed by atoms with E-state index in [2.05, 4.69) is 46.0 Å². The zero-order valence-electron chi connectivity index (χ0n) is 17.1. The summed E-state index contributed by atoms with van der Waals surface area (Å²) in [5, 5.41) is 4.18. The number of piperidine rings is 1. The van der Waals surface area contributed by atoms with Crippen molar-refractivity contribution in [2.45, 2.75) is 39.2 Å². The fraction of sp³-hybridized carbons (Fsp3) is 0.409. The molecule has 0 atom stereocenters. The first-order valence-corrected chi connectivity index (χ1v) is 9.93. The number of rotatable bonds is 5. The number of hydrogen-bond donors (Lipinski definition) is 1. The molecule has 1 aliphatic heterocycles. The summed E-state index contributed by atoms with van der Waals surface area (Å²) >= 11 is 0. The standard InChI is InChI=1S/C22H26N4O3/c1-14-15(2)19(28-3)6-4-18(14)13-26-10-8-16(9-11-26)21-24-22(29-25-21)17-5-7-20(27)23-12-17/h4-7,12,16H,8-11,13H2,1-3H3,(H,23,27). The molecule has 1 fully saturated rings. The molecule has 0 unspecified atom stereocenters. The smallest absolute Gasteiger partial charge is 0.259 e. The predicted octanol–water partition coefficient (Wildman–Crippen LogP) is 3.43. The van der Waals surface area contributed by atoms with Crippen LogP contribution < -0.4 is 10.3 Å². The molecule has 2 aromatic heterocycles. The summed E-state index contributed by atoms with van der Waals surface area (Å²) in [6, 6.07) is 7.38. The Kier molecular flexibility index (Phi) is 5.49. The lowest BCUT2D eigenvalue weighted by atomic mass is 9.95. The predicted molar refractivity (Wildman–Crippen MR) is 110 cm³/mol. The number of H-pyrrole nitrogens is 1. The monoisotopic (exact) mass is 394 g/mol. The Morgan fingerprint density at radius 2 is 1.97 bits per heavy atom. The molecule has 1 aromatic carbocycles. The molecule has 1 aliphatic rings. The van der Waals surface area contributed by atoms with Gasteiger partial charge < -0.3 is 14.2 Å². The van der Waals surface area contributed by atoms with Gasteiger partial charge >= 0.3 is 0 Å². The Morgan fingerprint density at radius 3 is 2.66 bits per heavy atom. The third-order valence-corrected chi connectivity index (χ3v) is 5.89. The van der Waals surface area contributed by atoms with Gasteiger partial charge in [0.25, 0.3) is 5.89 Å². The maximum Gasteiger partial charge on any atom is 0.259 e. The Labute approximate surface area is 169 Å². The van der Waals surface area contributed by atoms with Crippen molar-refractivity contribution in [1.29, 1.82) is 0 Å². The zero-order valence-corrected chi connectivity index (χ0v) is 17.1. The van der Waals surface area contributed by atoms with Crippen molar-refractivity contribution in [1.82, 2.24) is 20.0 Å². The van der Waals surface area contributed by atoms with Gasteiger partial charge in [0.1, 0.15) is 5.75 Å². The number of ether oxygens (including phenoxy) is 1. The number of likely N-dealkylation sites (tertiary alicyclic amines) is 1. The van der Waals surface area contributed by atoms with Crippen molar-refractivity contribution in [3.05, 3.63) is 63.3 Å². The first-order chi connectivity index (χ1) is 14.0. The minimum atomic E-state index is -0.150. The number of aromatic nitrogens is 3. The van der Waals surface area contributed by atoms with Crippen molar-refractivity contribution in [3.63, 3.8) is 0 Å². The van der Waals surface area contributed by atoms with E-state index in [-0.39, 0.29) is 5.56 Å². The number of methoxy groups -OCH3 is 1. The van der Waals surface area contributed by atoms with Gasteiger partial charge in [0.05, 0.1) is 12.7 Å². The molecule has 0 spiro atoms. The van der Waals surface area contributed by atoms with E-state index in [4.69, 9.17) is 9.26 Å². The lowest BCUT2D eigenvalue weighted by Gasteiger charge is -2.31. The molecule has 0 amide bonds. The summed E-state index contributed by atoms with van der Waals surface area (Å²) < 4.78 is 10.8. The third-order valence-electron chi connectivity index (χ3n) is 5.89. The Hall–Kier alpha value is -2.93. The van der Waals surface area contributed by atoms with Crippen LogP contribution in [0.5, 0.6) is 5.75 Å². The van der Waals surface area contributed by atoms with E-state index in [0.29, 0.717) is 11.8 Å². The van der Waals surface area contributed by atoms with Gasteiger partial charge in [0, 0.05) is 24.7 Å². The lowest BCUT2D eigenvalue weighted by Crippen LogP contribution is -2.33. The number of nitrogens with one attached hydrogen (secondary N) is 1. The van der Waals surface area contributed by atoms with Crippen molar-refractivity contribution in [3.8, 4) is 17.2 Å². The Bertz CT molecular complexity index is 1030. The van der Waals surface area contributed by atoms with Crippen LogP contribution in [0.25, 0.3) is 11.5 Å². The first kappa shape index (κ1) is 19.4. The highest BCUT2D eigenvalue weighted by Crippen LogP contribution is 2.30. The van der Waals surface area contributed by atoms with E-state index in [1.54, 1.807) is 19.4 Å². The maximum atomic E-state index is 11.2. The van der Waals surface area contributed by atoms with Crippen LogP contribution in [-0.2, 0) is 6.54 Å². The molecule has 0 aliphatic carbocycles. The molecule has 4 rings (SSSR count). The fourth-order valence-corrected chi connectivity index (χ4v) is 3.90. The van der Waals surface area contributed by atoms with Gasteiger partial charge in [-0.1, -0.05) is 11.2 Å². The van der Waals surface area contributed by atoms with E-state index in [1.807, 2.05) is 0 Å². The number of aromatic amines is 1. The molecular formula is C22H26N4O3. The Morgan fingerprint density at radius 1 is 1.17 bits per heavy atom. The van der Waals surface area contributed by atoms with Crippen LogP contribution in [0.4, 0.5) is 0 Å². The summed E-state index contributed by atoms with van der Waals surface area (Å²) in [6.45, 7) is 7.21. The molecule has 0 bridgehead atoms. The van der Waals surface area contributed by atoms with Gasteiger partial charge in [0.15, 0.2) is 5.82 Å². The lowest BCUT2D eigenvalue weighted by molar-refractivity contribution is 0.200. The minimum absolute atomic E-state index is 0.150. The largest absolute Gasteiger partial charge is 0.496 e. The number of hydrogen-bond acceptors (Lipinski definition) is 6. The topological polar surface area (TPSA) is 84.2 Å². The second kappa shape index (κ2) is 8.21. The highest BCUT2D eigenvalue weighted by molar-refractivity contribution is 5.50. The second-order valence-electron chi connectivity index (χ2n) is 7.63. The second-order valence-corrected chi connectivity index (χ2v) is 7.63. The highest BCUT2D eigenvalue weighted by atomic mass is 16.5. The normalized spacial score (nSPS) is 15.6. The molecule has 7 nitrogen and oxygen atoms in total. The van der Waals surface area contributed by atoms with Crippen LogP contribution >= 0.6 is 0 Å². The van der Waals surface area contributed by atoms with E-state index >= 15 is 0 Å². The average Bonchev–Trinajstić information content (AvgIpc) is 3.23. The summed E-state index contributed by atoms with van der Waals surface area (Å²) in [5.41, 5.74) is 4.44. The van der Waals surface area contributed by atoms with Crippen LogP contribution in [0, 0.1) is 13.8 Å². The SMILES string of the molecule is COc1ccc(CN2CCC(c3noc(-c4ccc(=O)[nH]c4)n3)CC2)c(C)c1C. The van der Waals surface area contributed by atoms with Gasteiger partial charge in [-0.25, -0.2) is 0 Å². The summed E-state index contributed by atoms with van der Waals surface area (Å²) in [7, 11) is 1.71. The Balaban J connectivity index is 1.38. The molecular weight excluding hydrogens is 368 g/mol. The molecule has 7 heteroatoms. The molecule has 1 N–H and O–H groups in total. The van der Waals surface area contributed by atoms with Gasteiger partial charge in [-0.05, 0) is 68.6 Å². The van der Waals surface area contributed by atoms with Crippen LogP contribution in [0.1, 0.15) is 41.3 Å². The highest BCUT2D eigenvalue weighted by Gasteiger charge is 2.25. The van der Waals surface area contributed by atoms with Crippen molar-refractivity contribution >= 4 is 0 Å². The van der Waals surface area contributed by atoms with Gasteiger partial charge in [-0.2, -0.15) is 4.98 Å². The minimum Gasteiger partial charge on any atom is -0.496 e. The molecule has 1 saturated heterocycles. The molecule has 0 radical (unpaired) electrons. The van der Waals surface area contributed by atoms with E-state index < -0.39 is 0 Å². The van der Waals surface area contributed by atoms with E-state index in [0.717, 1.165) is 49.6 Å². The first-order valence-electron chi connectivity index (χ1n) is 9.93. The number of nitrogens with zero attached hydrogens (tertiary/aromatic N) is 3. The van der Waals surface area contributed by atoms with Gasteiger partial charge in [-0.15, -0.1) is 0 Å². The summed E-state index contributed by atoms with van der Waals surface area (Å²) in [6.07, 6.45) is 3.60.